The van der Waals surface area contributed by atoms with E-state index in [1.54, 1.807) is 4.90 Å². The van der Waals surface area contributed by atoms with Crippen LogP contribution in [0, 0.1) is 11.6 Å². The highest BCUT2D eigenvalue weighted by Crippen LogP contribution is 2.35. The fourth-order valence-electron chi connectivity index (χ4n) is 4.70. The molecule has 0 saturated carbocycles. The van der Waals surface area contributed by atoms with Crippen LogP contribution >= 0.6 is 0 Å². The highest BCUT2D eigenvalue weighted by atomic mass is 19.4. The van der Waals surface area contributed by atoms with Crippen molar-refractivity contribution in [2.45, 2.75) is 44.5 Å². The zero-order chi connectivity index (χ0) is 27.9. The molecule has 0 bridgehead atoms. The Kier molecular flexibility index (Phi) is 6.91. The van der Waals surface area contributed by atoms with Gasteiger partial charge < -0.3 is 19.4 Å². The number of rotatable bonds is 7. The molecule has 1 aromatic heterocycles. The van der Waals surface area contributed by atoms with Crippen LogP contribution in [0.4, 0.5) is 33.7 Å². The van der Waals surface area contributed by atoms with Crippen LogP contribution in [0.2, 0.25) is 0 Å². The minimum atomic E-state index is -4.79. The molecule has 3 heterocycles. The summed E-state index contributed by atoms with van der Waals surface area (Å²) >= 11 is 0. The normalized spacial score (nSPS) is 18.1. The molecule has 8 nitrogen and oxygen atoms in total. The average Bonchev–Trinajstić information content (AvgIpc) is 3.24. The first-order chi connectivity index (χ1) is 18.5. The first kappa shape index (κ1) is 26.4. The zero-order valence-corrected chi connectivity index (χ0v) is 20.6. The number of nitrogens with one attached hydrogen (secondary N) is 2. The molecule has 5 rings (SSSR count). The Balaban J connectivity index is 1.23. The van der Waals surface area contributed by atoms with E-state index in [1.807, 2.05) is 6.92 Å². The van der Waals surface area contributed by atoms with Crippen molar-refractivity contribution in [3.63, 3.8) is 0 Å². The predicted molar refractivity (Wildman–Crippen MR) is 129 cm³/mol. The lowest BCUT2D eigenvalue weighted by atomic mass is 9.89. The molecule has 1 unspecified atom stereocenters. The fraction of sp³-hybridized carbons (Fsp3) is 0.346. The van der Waals surface area contributed by atoms with Gasteiger partial charge >= 0.3 is 6.36 Å². The largest absolute Gasteiger partial charge is 0.573 e. The third-order valence-electron chi connectivity index (χ3n) is 6.61. The highest BCUT2D eigenvalue weighted by molar-refractivity contribution is 6.01. The lowest BCUT2D eigenvalue weighted by molar-refractivity contribution is -0.274. The second-order valence-electron chi connectivity index (χ2n) is 9.29. The van der Waals surface area contributed by atoms with E-state index in [1.165, 1.54) is 36.4 Å². The van der Waals surface area contributed by atoms with Gasteiger partial charge in [-0.15, -0.1) is 13.2 Å². The van der Waals surface area contributed by atoms with Crippen molar-refractivity contribution in [1.82, 2.24) is 10.3 Å². The highest BCUT2D eigenvalue weighted by Gasteiger charge is 2.35. The van der Waals surface area contributed by atoms with Crippen molar-refractivity contribution in [3.05, 3.63) is 59.3 Å². The third-order valence-corrected chi connectivity index (χ3v) is 6.61. The van der Waals surface area contributed by atoms with Gasteiger partial charge in [0, 0.05) is 36.3 Å². The maximum atomic E-state index is 14.8. The van der Waals surface area contributed by atoms with Crippen LogP contribution in [0.5, 0.6) is 5.75 Å². The van der Waals surface area contributed by atoms with Crippen molar-refractivity contribution < 1.29 is 40.7 Å². The van der Waals surface area contributed by atoms with Crippen LogP contribution in [-0.4, -0.2) is 42.3 Å². The van der Waals surface area contributed by atoms with Crippen LogP contribution in [0.3, 0.4) is 0 Å². The number of aryl methyl sites for hydroxylation is 1. The smallest absolute Gasteiger partial charge is 0.423 e. The predicted octanol–water partition coefficient (Wildman–Crippen LogP) is 4.90. The Bertz CT molecular complexity index is 1380. The van der Waals surface area contributed by atoms with Gasteiger partial charge in [0.05, 0.1) is 17.7 Å². The van der Waals surface area contributed by atoms with Crippen LogP contribution in [0.25, 0.3) is 11.3 Å². The molecule has 3 aromatic rings. The summed E-state index contributed by atoms with van der Waals surface area (Å²) in [6, 6.07) is 7.66. The number of piperidine rings is 1. The van der Waals surface area contributed by atoms with Gasteiger partial charge in [-0.25, -0.2) is 8.78 Å². The molecule has 2 amide bonds. The summed E-state index contributed by atoms with van der Waals surface area (Å²) in [5, 5.41) is 5.23. The number of nitrogens with zero attached hydrogens (tertiary/aromatic N) is 2. The van der Waals surface area contributed by atoms with Gasteiger partial charge in [-0.1, -0.05) is 6.92 Å². The summed E-state index contributed by atoms with van der Waals surface area (Å²) in [7, 11) is 0. The number of ether oxygens (including phenoxy) is 1. The molecular weight excluding hydrogens is 527 g/mol. The minimum Gasteiger partial charge on any atom is -0.423 e. The SMILES string of the molecule is CCc1nc(NC2CN(c3cc(F)c(C4CCC(=O)NC4=O)c(F)c3)C2)oc1-c1ccc(OC(F)(F)F)cc1. The number of aromatic nitrogens is 1. The van der Waals surface area contributed by atoms with Crippen LogP contribution < -0.4 is 20.3 Å². The Morgan fingerprint density at radius 2 is 1.79 bits per heavy atom. The van der Waals surface area contributed by atoms with Crippen molar-refractivity contribution in [1.29, 1.82) is 0 Å². The molecule has 0 radical (unpaired) electrons. The maximum Gasteiger partial charge on any atom is 0.573 e. The van der Waals surface area contributed by atoms with E-state index in [9.17, 15) is 31.5 Å². The van der Waals surface area contributed by atoms with E-state index < -0.39 is 35.7 Å². The molecule has 39 heavy (non-hydrogen) atoms. The lowest BCUT2D eigenvalue weighted by Gasteiger charge is -2.41. The molecule has 0 spiro atoms. The van der Waals surface area contributed by atoms with Gasteiger partial charge in [0.25, 0.3) is 6.01 Å². The number of halogens is 5. The maximum absolute atomic E-state index is 14.8. The summed E-state index contributed by atoms with van der Waals surface area (Å²) in [5.74, 6) is -3.90. The number of benzene rings is 2. The molecule has 2 aliphatic rings. The van der Waals surface area contributed by atoms with E-state index in [0.717, 1.165) is 0 Å². The van der Waals surface area contributed by atoms with E-state index in [-0.39, 0.29) is 36.2 Å². The second-order valence-corrected chi connectivity index (χ2v) is 9.29. The average molecular weight is 550 g/mol. The monoisotopic (exact) mass is 550 g/mol. The van der Waals surface area contributed by atoms with Crippen LogP contribution in [-0.2, 0) is 16.0 Å². The summed E-state index contributed by atoms with van der Waals surface area (Å²) < 4.78 is 76.7. The van der Waals surface area contributed by atoms with Gasteiger partial charge in [0.2, 0.25) is 11.8 Å². The fourth-order valence-corrected chi connectivity index (χ4v) is 4.70. The van der Waals surface area contributed by atoms with Crippen LogP contribution in [0.15, 0.2) is 40.8 Å². The number of imide groups is 1. The lowest BCUT2D eigenvalue weighted by Crippen LogP contribution is -2.55. The number of hydrogen-bond donors (Lipinski definition) is 2. The third kappa shape index (κ3) is 5.66. The molecule has 13 heteroatoms. The standard InChI is InChI=1S/C26H23F5N4O4/c1-2-20-23(13-3-5-16(6-4-13)39-26(29,30)31)38-25(33-20)32-14-11-35(12-14)15-9-18(27)22(19(28)10-15)17-7-8-21(36)34-24(17)37/h3-6,9-10,14,17H,2,7-8,11-12H2,1H3,(H,32,33)(H,34,36,37). The summed E-state index contributed by atoms with van der Waals surface area (Å²) in [6.07, 6.45) is -4.23. The molecule has 2 fully saturated rings. The molecule has 206 valence electrons. The molecule has 1 atom stereocenters. The Morgan fingerprint density at radius 3 is 2.38 bits per heavy atom. The quantitative estimate of drug-likeness (QED) is 0.319. The van der Waals surface area contributed by atoms with E-state index in [0.29, 0.717) is 42.2 Å². The number of carbonyl (C=O) groups is 2. The minimum absolute atomic E-state index is 0.0105. The molecule has 2 N–H and O–H groups in total. The molecular formula is C26H23F5N4O4. The zero-order valence-electron chi connectivity index (χ0n) is 20.6. The summed E-state index contributed by atoms with van der Waals surface area (Å²) in [4.78, 5) is 29.6. The first-order valence-corrected chi connectivity index (χ1v) is 12.2. The van der Waals surface area contributed by atoms with Crippen molar-refractivity contribution >= 4 is 23.5 Å². The number of alkyl halides is 3. The van der Waals surface area contributed by atoms with Gasteiger partial charge in [-0.3, -0.25) is 14.9 Å². The van der Waals surface area contributed by atoms with Crippen LogP contribution in [0.1, 0.15) is 36.9 Å². The Labute approximate surface area is 219 Å². The summed E-state index contributed by atoms with van der Waals surface area (Å²) in [6.45, 7) is 2.64. The molecule has 0 aliphatic carbocycles. The number of carbonyl (C=O) groups excluding carboxylic acids is 2. The molecule has 2 aliphatic heterocycles. The number of anilines is 2. The van der Waals surface area contributed by atoms with Gasteiger partial charge in [-0.2, -0.15) is 4.98 Å². The Morgan fingerprint density at radius 1 is 1.13 bits per heavy atom. The van der Waals surface area contributed by atoms with E-state index >= 15 is 0 Å². The van der Waals surface area contributed by atoms with Gasteiger partial charge in [0.15, 0.2) is 5.76 Å². The Hall–Kier alpha value is -4.16. The second kappa shape index (κ2) is 10.2. The van der Waals surface area contributed by atoms with Gasteiger partial charge in [0.1, 0.15) is 17.4 Å². The molecule has 2 aromatic carbocycles. The van der Waals surface area contributed by atoms with Crippen molar-refractivity contribution in [3.8, 4) is 17.1 Å². The van der Waals surface area contributed by atoms with E-state index in [2.05, 4.69) is 20.4 Å². The number of oxazole rings is 1. The topological polar surface area (TPSA) is 96.7 Å². The molecule has 2 saturated heterocycles. The number of amides is 2. The summed E-state index contributed by atoms with van der Waals surface area (Å²) in [5.41, 5.74) is 1.09. The van der Waals surface area contributed by atoms with E-state index in [4.69, 9.17) is 4.42 Å². The first-order valence-electron chi connectivity index (χ1n) is 12.2. The number of hydrogen-bond acceptors (Lipinski definition) is 7. The van der Waals surface area contributed by atoms with Crippen molar-refractivity contribution in [2.75, 3.05) is 23.3 Å². The van der Waals surface area contributed by atoms with Crippen molar-refractivity contribution in [2.24, 2.45) is 0 Å². The van der Waals surface area contributed by atoms with Gasteiger partial charge in [-0.05, 0) is 49.2 Å².